The molecule has 1 amide bonds. The fraction of sp³-hybridized carbons (Fsp3) is 0.500. The highest BCUT2D eigenvalue weighted by atomic mass is 16.2. The molecule has 3 rings (SSSR count). The fourth-order valence-corrected chi connectivity index (χ4v) is 3.60. The first kappa shape index (κ1) is 12.2. The molecule has 1 aliphatic heterocycles. The summed E-state index contributed by atoms with van der Waals surface area (Å²) in [6, 6.07) is 11.7. The second kappa shape index (κ2) is 5.05. The van der Waals surface area contributed by atoms with Crippen LogP contribution >= 0.6 is 0 Å². The zero-order valence-electron chi connectivity index (χ0n) is 11.0. The Balaban J connectivity index is 1.89. The van der Waals surface area contributed by atoms with Crippen molar-refractivity contribution in [3.63, 3.8) is 0 Å². The van der Waals surface area contributed by atoms with Gasteiger partial charge in [-0.1, -0.05) is 31.0 Å². The minimum absolute atomic E-state index is 0.0292. The van der Waals surface area contributed by atoms with Crippen molar-refractivity contribution in [2.45, 2.75) is 44.2 Å². The standard InChI is InChI=1S/C16H18N2O/c17-11-14-10-13-8-4-5-9-15(13)18(14)16(19)12-6-2-1-3-7-12/h1-3,6-7,13-15H,4-5,8-10H2/t13-,14-,15+/m1/s1. The van der Waals surface area contributed by atoms with Crippen LogP contribution in [0.4, 0.5) is 0 Å². The molecule has 0 radical (unpaired) electrons. The Labute approximate surface area is 113 Å². The van der Waals surface area contributed by atoms with Gasteiger partial charge >= 0.3 is 0 Å². The molecular formula is C16H18N2O. The van der Waals surface area contributed by atoms with Crippen LogP contribution in [0.15, 0.2) is 30.3 Å². The number of carbonyl (C=O) groups excluding carboxylic acids is 1. The Bertz CT molecular complexity index is 505. The quantitative estimate of drug-likeness (QED) is 0.773. The van der Waals surface area contributed by atoms with Gasteiger partial charge in [0.05, 0.1) is 6.07 Å². The van der Waals surface area contributed by atoms with Gasteiger partial charge in [0.25, 0.3) is 5.91 Å². The van der Waals surface area contributed by atoms with Crippen molar-refractivity contribution >= 4 is 5.91 Å². The molecule has 1 aromatic carbocycles. The van der Waals surface area contributed by atoms with Crippen LogP contribution in [0.5, 0.6) is 0 Å². The molecule has 2 aliphatic rings. The number of fused-ring (bicyclic) bond motifs is 1. The predicted molar refractivity (Wildman–Crippen MR) is 72.4 cm³/mol. The average molecular weight is 254 g/mol. The van der Waals surface area contributed by atoms with E-state index >= 15 is 0 Å². The van der Waals surface area contributed by atoms with Gasteiger partial charge < -0.3 is 4.90 Å². The van der Waals surface area contributed by atoms with E-state index in [1.807, 2.05) is 35.2 Å². The number of rotatable bonds is 1. The number of nitrogens with zero attached hydrogens (tertiary/aromatic N) is 2. The summed E-state index contributed by atoms with van der Waals surface area (Å²) in [5, 5.41) is 9.34. The first-order valence-electron chi connectivity index (χ1n) is 7.08. The molecule has 98 valence electrons. The van der Waals surface area contributed by atoms with Crippen LogP contribution in [0.1, 0.15) is 42.5 Å². The van der Waals surface area contributed by atoms with E-state index in [0.29, 0.717) is 11.5 Å². The molecule has 1 heterocycles. The summed E-state index contributed by atoms with van der Waals surface area (Å²) in [5.74, 6) is 0.563. The van der Waals surface area contributed by atoms with Gasteiger partial charge in [0.2, 0.25) is 0 Å². The Morgan fingerprint density at radius 1 is 1.21 bits per heavy atom. The molecule has 1 saturated heterocycles. The minimum Gasteiger partial charge on any atom is -0.319 e. The molecule has 0 aromatic heterocycles. The van der Waals surface area contributed by atoms with E-state index in [-0.39, 0.29) is 18.0 Å². The summed E-state index contributed by atoms with van der Waals surface area (Å²) < 4.78 is 0. The monoisotopic (exact) mass is 254 g/mol. The van der Waals surface area contributed by atoms with Crippen LogP contribution in [0.2, 0.25) is 0 Å². The van der Waals surface area contributed by atoms with Crippen molar-refractivity contribution in [1.29, 1.82) is 5.26 Å². The summed E-state index contributed by atoms with van der Waals surface area (Å²) in [4.78, 5) is 14.5. The fourth-order valence-electron chi connectivity index (χ4n) is 3.60. The molecule has 2 fully saturated rings. The molecule has 3 nitrogen and oxygen atoms in total. The molecule has 0 unspecified atom stereocenters. The third-order valence-electron chi connectivity index (χ3n) is 4.49. The van der Waals surface area contributed by atoms with Crippen LogP contribution in [-0.4, -0.2) is 22.9 Å². The third kappa shape index (κ3) is 2.12. The molecule has 1 aliphatic carbocycles. The summed E-state index contributed by atoms with van der Waals surface area (Å²) in [6.45, 7) is 0. The molecular weight excluding hydrogens is 236 g/mol. The van der Waals surface area contributed by atoms with E-state index in [1.165, 1.54) is 19.3 Å². The highest BCUT2D eigenvalue weighted by Crippen LogP contribution is 2.40. The normalized spacial score (nSPS) is 29.6. The number of carbonyl (C=O) groups is 1. The van der Waals surface area contributed by atoms with Crippen LogP contribution in [0.25, 0.3) is 0 Å². The second-order valence-corrected chi connectivity index (χ2v) is 5.57. The molecule has 19 heavy (non-hydrogen) atoms. The maximum absolute atomic E-state index is 12.6. The maximum atomic E-state index is 12.6. The molecule has 0 N–H and O–H groups in total. The van der Waals surface area contributed by atoms with Gasteiger partial charge in [-0.05, 0) is 37.3 Å². The van der Waals surface area contributed by atoms with Gasteiger partial charge in [0.1, 0.15) is 6.04 Å². The first-order valence-corrected chi connectivity index (χ1v) is 7.08. The predicted octanol–water partition coefficient (Wildman–Crippen LogP) is 2.98. The van der Waals surface area contributed by atoms with Gasteiger partial charge in [-0.2, -0.15) is 5.26 Å². The lowest BCUT2D eigenvalue weighted by Gasteiger charge is -2.32. The van der Waals surface area contributed by atoms with Gasteiger partial charge in [-0.15, -0.1) is 0 Å². The molecule has 0 bridgehead atoms. The van der Waals surface area contributed by atoms with Crippen molar-refractivity contribution in [2.24, 2.45) is 5.92 Å². The number of likely N-dealkylation sites (tertiary alicyclic amines) is 1. The summed E-state index contributed by atoms with van der Waals surface area (Å²) in [5.41, 5.74) is 0.703. The first-order chi connectivity index (χ1) is 9.31. The van der Waals surface area contributed by atoms with E-state index in [1.54, 1.807) is 0 Å². The molecule has 3 atom stereocenters. The SMILES string of the molecule is N#C[C@H]1C[C@H]2CCCC[C@@H]2N1C(=O)c1ccccc1. The molecule has 1 saturated carbocycles. The van der Waals surface area contributed by atoms with Gasteiger partial charge in [-0.25, -0.2) is 0 Å². The smallest absolute Gasteiger partial charge is 0.255 e. The lowest BCUT2D eigenvalue weighted by molar-refractivity contribution is 0.0655. The zero-order chi connectivity index (χ0) is 13.2. The van der Waals surface area contributed by atoms with Crippen molar-refractivity contribution in [3.8, 4) is 6.07 Å². The lowest BCUT2D eigenvalue weighted by Crippen LogP contribution is -2.42. The lowest BCUT2D eigenvalue weighted by atomic mass is 9.85. The Morgan fingerprint density at radius 3 is 2.68 bits per heavy atom. The van der Waals surface area contributed by atoms with Crippen LogP contribution in [0.3, 0.4) is 0 Å². The van der Waals surface area contributed by atoms with Crippen LogP contribution in [-0.2, 0) is 0 Å². The molecule has 0 spiro atoms. The van der Waals surface area contributed by atoms with Crippen molar-refractivity contribution in [3.05, 3.63) is 35.9 Å². The average Bonchev–Trinajstić information content (AvgIpc) is 2.86. The van der Waals surface area contributed by atoms with Gasteiger partial charge in [-0.3, -0.25) is 4.79 Å². The number of hydrogen-bond acceptors (Lipinski definition) is 2. The Hall–Kier alpha value is -1.82. The van der Waals surface area contributed by atoms with Gasteiger partial charge in [0, 0.05) is 11.6 Å². The van der Waals surface area contributed by atoms with E-state index in [0.717, 1.165) is 12.8 Å². The van der Waals surface area contributed by atoms with Crippen molar-refractivity contribution < 1.29 is 4.79 Å². The summed E-state index contributed by atoms with van der Waals surface area (Å²) in [7, 11) is 0. The topological polar surface area (TPSA) is 44.1 Å². The second-order valence-electron chi connectivity index (χ2n) is 5.57. The number of amides is 1. The highest BCUT2D eigenvalue weighted by Gasteiger charge is 2.44. The van der Waals surface area contributed by atoms with Crippen LogP contribution < -0.4 is 0 Å². The van der Waals surface area contributed by atoms with E-state index in [9.17, 15) is 10.1 Å². The third-order valence-corrected chi connectivity index (χ3v) is 4.49. The summed E-state index contributed by atoms with van der Waals surface area (Å²) in [6.07, 6.45) is 5.51. The van der Waals surface area contributed by atoms with Crippen LogP contribution in [0, 0.1) is 17.2 Å². The molecule has 1 aromatic rings. The number of hydrogen-bond donors (Lipinski definition) is 0. The van der Waals surface area contributed by atoms with E-state index in [4.69, 9.17) is 0 Å². The Kier molecular flexibility index (Phi) is 3.25. The largest absolute Gasteiger partial charge is 0.319 e. The van der Waals surface area contributed by atoms with E-state index in [2.05, 4.69) is 6.07 Å². The number of benzene rings is 1. The van der Waals surface area contributed by atoms with Gasteiger partial charge in [0.15, 0.2) is 0 Å². The highest BCUT2D eigenvalue weighted by molar-refractivity contribution is 5.95. The Morgan fingerprint density at radius 2 is 1.95 bits per heavy atom. The van der Waals surface area contributed by atoms with Crippen molar-refractivity contribution in [1.82, 2.24) is 4.90 Å². The molecule has 3 heteroatoms. The van der Waals surface area contributed by atoms with Crippen molar-refractivity contribution in [2.75, 3.05) is 0 Å². The summed E-state index contributed by atoms with van der Waals surface area (Å²) >= 11 is 0. The maximum Gasteiger partial charge on any atom is 0.255 e. The van der Waals surface area contributed by atoms with E-state index < -0.39 is 0 Å². The number of nitriles is 1. The minimum atomic E-state index is -0.235. The zero-order valence-corrected chi connectivity index (χ0v) is 11.0.